The van der Waals surface area contributed by atoms with E-state index < -0.39 is 5.60 Å². The molecule has 0 aromatic rings. The standard InChI is InChI=1S/C16H34IN2O2/c1-12(2)14(10-20)15(17-5)9-16(21,11-18)7-8-19(6)13(3)4/h10,12-15,21H,7-9,11,18H2,1-6H3/q-1/t14-,15+,16-/m1/s1. The van der Waals surface area contributed by atoms with E-state index in [1.54, 1.807) is 0 Å². The Hall–Kier alpha value is 0.280. The monoisotopic (exact) mass is 413 g/mol. The SMILES string of the molecule is C[I-][C@@H](C[C@@](O)(CN)CCN(C)C(C)C)[C@H](C=O)C(C)C. The number of hydrogen-bond acceptors (Lipinski definition) is 4. The average molecular weight is 413 g/mol. The van der Waals surface area contributed by atoms with Crippen LogP contribution in [-0.4, -0.2) is 56.9 Å². The molecule has 0 bridgehead atoms. The van der Waals surface area contributed by atoms with Crippen molar-refractivity contribution in [1.29, 1.82) is 0 Å². The third-order valence-electron chi connectivity index (χ3n) is 4.39. The third-order valence-corrected chi connectivity index (χ3v) is 7.26. The second kappa shape index (κ2) is 10.1. The molecule has 0 saturated heterocycles. The number of aldehydes is 1. The second-order valence-corrected chi connectivity index (χ2v) is 9.49. The minimum absolute atomic E-state index is 0.0451. The van der Waals surface area contributed by atoms with E-state index in [2.05, 4.69) is 44.6 Å². The number of hydrogen-bond donors (Lipinski definition) is 2. The van der Waals surface area contributed by atoms with Crippen molar-refractivity contribution in [3.63, 3.8) is 0 Å². The van der Waals surface area contributed by atoms with Crippen LogP contribution in [0.3, 0.4) is 0 Å². The van der Waals surface area contributed by atoms with Crippen LogP contribution < -0.4 is 26.9 Å². The first-order valence-corrected chi connectivity index (χ1v) is 11.2. The van der Waals surface area contributed by atoms with Crippen molar-refractivity contribution in [3.8, 4) is 0 Å². The fraction of sp³-hybridized carbons (Fsp3) is 0.938. The van der Waals surface area contributed by atoms with Gasteiger partial charge in [-0.05, 0) is 0 Å². The van der Waals surface area contributed by atoms with Gasteiger partial charge in [-0.2, -0.15) is 0 Å². The first kappa shape index (κ1) is 21.3. The molecule has 0 aliphatic carbocycles. The molecule has 0 amide bonds. The summed E-state index contributed by atoms with van der Waals surface area (Å²) in [5.41, 5.74) is 5.00. The van der Waals surface area contributed by atoms with Crippen molar-refractivity contribution in [2.75, 3.05) is 25.1 Å². The minimum atomic E-state index is -0.848. The van der Waals surface area contributed by atoms with Crippen LogP contribution >= 0.6 is 0 Å². The summed E-state index contributed by atoms with van der Waals surface area (Å²) in [5, 5.41) is 10.8. The van der Waals surface area contributed by atoms with Gasteiger partial charge in [0, 0.05) is 0 Å². The molecule has 0 radical (unpaired) electrons. The van der Waals surface area contributed by atoms with Gasteiger partial charge < -0.3 is 0 Å². The molecule has 128 valence electrons. The van der Waals surface area contributed by atoms with E-state index >= 15 is 0 Å². The number of carbonyl (C=O) groups is 1. The Kier molecular flexibility index (Phi) is 10.3. The Morgan fingerprint density at radius 3 is 2.24 bits per heavy atom. The summed E-state index contributed by atoms with van der Waals surface area (Å²) >= 11 is -0.111. The van der Waals surface area contributed by atoms with Gasteiger partial charge in [0.2, 0.25) is 0 Å². The molecule has 0 fully saturated rings. The van der Waals surface area contributed by atoms with Gasteiger partial charge in [0.1, 0.15) is 0 Å². The number of aliphatic hydroxyl groups is 1. The van der Waals surface area contributed by atoms with E-state index in [1.165, 1.54) is 0 Å². The van der Waals surface area contributed by atoms with E-state index in [0.717, 1.165) is 12.8 Å². The van der Waals surface area contributed by atoms with E-state index in [4.69, 9.17) is 5.73 Å². The summed E-state index contributed by atoms with van der Waals surface area (Å²) in [6.45, 7) is 9.54. The van der Waals surface area contributed by atoms with Crippen LogP contribution in [0.25, 0.3) is 0 Å². The molecule has 3 N–H and O–H groups in total. The van der Waals surface area contributed by atoms with Gasteiger partial charge in [0.25, 0.3) is 0 Å². The van der Waals surface area contributed by atoms with Crippen molar-refractivity contribution < 1.29 is 31.1 Å². The fourth-order valence-corrected chi connectivity index (χ4v) is 5.40. The molecule has 4 nitrogen and oxygen atoms in total. The Bertz CT molecular complexity index is 300. The summed E-state index contributed by atoms with van der Waals surface area (Å²) < 4.78 is 0.305. The Balaban J connectivity index is 4.79. The van der Waals surface area contributed by atoms with Gasteiger partial charge in [-0.15, -0.1) is 0 Å². The topological polar surface area (TPSA) is 66.6 Å². The normalized spacial score (nSPS) is 18.2. The molecule has 0 aromatic carbocycles. The average Bonchev–Trinajstić information content (AvgIpc) is 2.43. The molecule has 3 atom stereocenters. The van der Waals surface area contributed by atoms with Gasteiger partial charge in [-0.1, -0.05) is 0 Å². The molecule has 5 heteroatoms. The van der Waals surface area contributed by atoms with Gasteiger partial charge in [0.15, 0.2) is 0 Å². The predicted molar refractivity (Wildman–Crippen MR) is 85.1 cm³/mol. The first-order chi connectivity index (χ1) is 9.70. The van der Waals surface area contributed by atoms with Crippen molar-refractivity contribution in [3.05, 3.63) is 0 Å². The number of rotatable bonds is 11. The van der Waals surface area contributed by atoms with E-state index in [1.807, 2.05) is 0 Å². The van der Waals surface area contributed by atoms with Crippen LogP contribution in [0.2, 0.25) is 0 Å². The van der Waals surface area contributed by atoms with Crippen molar-refractivity contribution in [1.82, 2.24) is 4.90 Å². The van der Waals surface area contributed by atoms with Crippen molar-refractivity contribution in [2.24, 2.45) is 17.6 Å². The second-order valence-electron chi connectivity index (χ2n) is 6.65. The number of nitrogens with zero attached hydrogens (tertiary/aromatic N) is 1. The molecule has 21 heavy (non-hydrogen) atoms. The molecule has 0 saturated carbocycles. The molecule has 0 heterocycles. The molecular formula is C16H34IN2O2-. The van der Waals surface area contributed by atoms with Gasteiger partial charge >= 0.3 is 141 Å². The zero-order chi connectivity index (χ0) is 16.6. The maximum atomic E-state index is 11.4. The maximum absolute atomic E-state index is 11.4. The number of nitrogens with two attached hydrogens (primary N) is 1. The van der Waals surface area contributed by atoms with Crippen molar-refractivity contribution in [2.45, 2.75) is 56.1 Å². The van der Waals surface area contributed by atoms with Gasteiger partial charge in [-0.3, -0.25) is 0 Å². The molecule has 0 spiro atoms. The van der Waals surface area contributed by atoms with E-state index in [9.17, 15) is 9.90 Å². The van der Waals surface area contributed by atoms with Crippen molar-refractivity contribution >= 4 is 6.29 Å². The molecule has 0 rings (SSSR count). The Labute approximate surface area is 141 Å². The first-order valence-electron chi connectivity index (χ1n) is 7.76. The van der Waals surface area contributed by atoms with Crippen LogP contribution in [0.1, 0.15) is 40.5 Å². The molecular weight excluding hydrogens is 379 g/mol. The number of carbonyl (C=O) groups excluding carboxylic acids is 1. The quantitative estimate of drug-likeness (QED) is 0.242. The molecule has 0 unspecified atom stereocenters. The fourth-order valence-electron chi connectivity index (χ4n) is 2.31. The summed E-state index contributed by atoms with van der Waals surface area (Å²) in [7, 11) is 2.06. The summed E-state index contributed by atoms with van der Waals surface area (Å²) in [4.78, 5) is 15.8. The summed E-state index contributed by atoms with van der Waals surface area (Å²) in [6.07, 6.45) is 2.40. The zero-order valence-electron chi connectivity index (χ0n) is 14.5. The van der Waals surface area contributed by atoms with Gasteiger partial charge in [-0.25, -0.2) is 0 Å². The molecule has 0 aliphatic heterocycles. The number of alkyl halides is 2. The Morgan fingerprint density at radius 2 is 1.90 bits per heavy atom. The van der Waals surface area contributed by atoms with Crippen LogP contribution in [0.5, 0.6) is 0 Å². The van der Waals surface area contributed by atoms with E-state index in [0.29, 0.717) is 28.7 Å². The predicted octanol–water partition coefficient (Wildman–Crippen LogP) is -1.64. The molecule has 0 aliphatic rings. The van der Waals surface area contributed by atoms with Crippen LogP contribution in [0, 0.1) is 11.8 Å². The Morgan fingerprint density at radius 1 is 1.33 bits per heavy atom. The number of halogens is 1. The van der Waals surface area contributed by atoms with Crippen LogP contribution in [0.4, 0.5) is 0 Å². The summed E-state index contributed by atoms with van der Waals surface area (Å²) in [5.74, 6) is 0.371. The summed E-state index contributed by atoms with van der Waals surface area (Å²) in [6, 6.07) is 0.458. The van der Waals surface area contributed by atoms with Crippen LogP contribution in [0.15, 0.2) is 0 Å². The third kappa shape index (κ3) is 7.39. The molecule has 0 aromatic heterocycles. The van der Waals surface area contributed by atoms with Crippen LogP contribution in [-0.2, 0) is 4.79 Å². The van der Waals surface area contributed by atoms with Gasteiger partial charge in [0.05, 0.1) is 0 Å². The zero-order valence-corrected chi connectivity index (χ0v) is 16.6. The van der Waals surface area contributed by atoms with E-state index in [-0.39, 0.29) is 33.7 Å².